The third-order valence-corrected chi connectivity index (χ3v) is 4.82. The molecule has 0 saturated carbocycles. The Bertz CT molecular complexity index is 610. The lowest BCUT2D eigenvalue weighted by molar-refractivity contribution is 0.103. The number of thiazole rings is 1. The van der Waals surface area contributed by atoms with Crippen molar-refractivity contribution in [2.24, 2.45) is 0 Å². The molecule has 0 aliphatic carbocycles. The summed E-state index contributed by atoms with van der Waals surface area (Å²) in [5.74, 6) is 0.889. The first kappa shape index (κ1) is 14.9. The van der Waals surface area contributed by atoms with Crippen LogP contribution in [0.1, 0.15) is 28.7 Å². The van der Waals surface area contributed by atoms with Gasteiger partial charge in [0.05, 0.1) is 22.6 Å². The van der Waals surface area contributed by atoms with E-state index in [1.54, 1.807) is 17.3 Å². The third kappa shape index (κ3) is 3.52. The quantitative estimate of drug-likeness (QED) is 0.651. The van der Waals surface area contributed by atoms with Crippen molar-refractivity contribution < 1.29 is 4.79 Å². The molecule has 0 aliphatic rings. The Labute approximate surface area is 126 Å². The van der Waals surface area contributed by atoms with Crippen LogP contribution in [-0.4, -0.2) is 16.6 Å². The van der Waals surface area contributed by atoms with E-state index >= 15 is 0 Å². The normalized spacial score (nSPS) is 10.5. The molecular formula is C14H17N3OS2. The number of nitrogens with zero attached hydrogens (tertiary/aromatic N) is 1. The smallest absolute Gasteiger partial charge is 0.267 e. The van der Waals surface area contributed by atoms with Gasteiger partial charge in [0.15, 0.2) is 0 Å². The van der Waals surface area contributed by atoms with Crippen LogP contribution in [0.25, 0.3) is 0 Å². The summed E-state index contributed by atoms with van der Waals surface area (Å²) in [6, 6.07) is 5.72. The maximum Gasteiger partial charge on any atom is 0.267 e. The minimum atomic E-state index is -0.158. The van der Waals surface area contributed by atoms with Gasteiger partial charge in [0.1, 0.15) is 4.88 Å². The largest absolute Gasteiger partial charge is 0.397 e. The Hall–Kier alpha value is -1.53. The molecule has 0 atom stereocenters. The van der Waals surface area contributed by atoms with Gasteiger partial charge in [0, 0.05) is 4.90 Å². The maximum atomic E-state index is 12.2. The molecule has 0 unspecified atom stereocenters. The van der Waals surface area contributed by atoms with Gasteiger partial charge >= 0.3 is 0 Å². The fourth-order valence-corrected chi connectivity index (χ4v) is 3.16. The predicted molar refractivity (Wildman–Crippen MR) is 86.7 cm³/mol. The van der Waals surface area contributed by atoms with Crippen LogP contribution in [0.2, 0.25) is 0 Å². The lowest BCUT2D eigenvalue weighted by atomic mass is 10.2. The molecule has 0 spiro atoms. The predicted octanol–water partition coefficient (Wildman–Crippen LogP) is 3.79. The van der Waals surface area contributed by atoms with Gasteiger partial charge in [-0.25, -0.2) is 4.98 Å². The van der Waals surface area contributed by atoms with Crippen molar-refractivity contribution in [3.63, 3.8) is 0 Å². The highest BCUT2D eigenvalue weighted by atomic mass is 32.2. The minimum Gasteiger partial charge on any atom is -0.397 e. The van der Waals surface area contributed by atoms with Crippen LogP contribution in [0.3, 0.4) is 0 Å². The Morgan fingerprint density at radius 1 is 1.50 bits per heavy atom. The second-order valence-corrected chi connectivity index (χ2v) is 6.34. The molecule has 0 radical (unpaired) electrons. The van der Waals surface area contributed by atoms with E-state index in [0.717, 1.165) is 22.8 Å². The molecule has 3 N–H and O–H groups in total. The lowest BCUT2D eigenvalue weighted by Crippen LogP contribution is -2.13. The van der Waals surface area contributed by atoms with Crippen LogP contribution < -0.4 is 11.1 Å². The lowest BCUT2D eigenvalue weighted by Gasteiger charge is -2.09. The van der Waals surface area contributed by atoms with Gasteiger partial charge in [0.2, 0.25) is 0 Å². The van der Waals surface area contributed by atoms with Crippen LogP contribution in [0, 0.1) is 6.92 Å². The molecule has 2 aromatic rings. The van der Waals surface area contributed by atoms with Gasteiger partial charge in [-0.3, -0.25) is 4.79 Å². The number of nitrogens with two attached hydrogens (primary N) is 1. The number of thioether (sulfide) groups is 1. The zero-order valence-corrected chi connectivity index (χ0v) is 13.1. The number of amides is 1. The molecule has 0 saturated heterocycles. The van der Waals surface area contributed by atoms with E-state index in [2.05, 4.69) is 17.2 Å². The van der Waals surface area contributed by atoms with Crippen LogP contribution in [0.15, 0.2) is 28.6 Å². The molecule has 1 aromatic heterocycles. The molecule has 1 heterocycles. The highest BCUT2D eigenvalue weighted by molar-refractivity contribution is 7.99. The topological polar surface area (TPSA) is 68.0 Å². The maximum absolute atomic E-state index is 12.2. The Morgan fingerprint density at radius 2 is 2.30 bits per heavy atom. The highest BCUT2D eigenvalue weighted by Gasteiger charge is 2.13. The number of benzene rings is 1. The van der Waals surface area contributed by atoms with Crippen molar-refractivity contribution in [3.8, 4) is 0 Å². The van der Waals surface area contributed by atoms with Crippen molar-refractivity contribution in [3.05, 3.63) is 34.3 Å². The number of nitrogens with one attached hydrogen (secondary N) is 1. The van der Waals surface area contributed by atoms with Crippen molar-refractivity contribution >= 4 is 40.4 Å². The summed E-state index contributed by atoms with van der Waals surface area (Å²) in [5.41, 5.74) is 9.56. The number of anilines is 2. The SMILES string of the molecule is CCCSc1ccc(N)c(NC(=O)c2scnc2C)c1. The average molecular weight is 307 g/mol. The van der Waals surface area contributed by atoms with Gasteiger partial charge in [0.25, 0.3) is 5.91 Å². The third-order valence-electron chi connectivity index (χ3n) is 2.70. The van der Waals surface area contributed by atoms with Crippen molar-refractivity contribution in [2.45, 2.75) is 25.2 Å². The van der Waals surface area contributed by atoms with E-state index in [9.17, 15) is 4.79 Å². The number of aromatic nitrogens is 1. The van der Waals surface area contributed by atoms with Crippen LogP contribution in [-0.2, 0) is 0 Å². The molecule has 0 aliphatic heterocycles. The molecule has 20 heavy (non-hydrogen) atoms. The fourth-order valence-electron chi connectivity index (χ4n) is 1.65. The van der Waals surface area contributed by atoms with E-state index < -0.39 is 0 Å². The van der Waals surface area contributed by atoms with E-state index in [4.69, 9.17) is 5.73 Å². The fraction of sp³-hybridized carbons (Fsp3) is 0.286. The van der Waals surface area contributed by atoms with Gasteiger partial charge < -0.3 is 11.1 Å². The molecule has 106 valence electrons. The Balaban J connectivity index is 2.16. The summed E-state index contributed by atoms with van der Waals surface area (Å²) in [5, 5.41) is 2.86. The van der Waals surface area contributed by atoms with E-state index in [1.165, 1.54) is 11.3 Å². The molecule has 1 amide bonds. The molecule has 6 heteroatoms. The van der Waals surface area contributed by atoms with Crippen LogP contribution in [0.4, 0.5) is 11.4 Å². The zero-order valence-electron chi connectivity index (χ0n) is 11.5. The molecule has 2 rings (SSSR count). The zero-order chi connectivity index (χ0) is 14.5. The molecule has 0 bridgehead atoms. The number of aryl methyl sites for hydroxylation is 1. The Kier molecular flexibility index (Phi) is 5.03. The second kappa shape index (κ2) is 6.76. The highest BCUT2D eigenvalue weighted by Crippen LogP contribution is 2.28. The number of rotatable bonds is 5. The van der Waals surface area contributed by atoms with Gasteiger partial charge in [-0.2, -0.15) is 0 Å². The molecule has 4 nitrogen and oxygen atoms in total. The number of hydrogen-bond donors (Lipinski definition) is 2. The van der Waals surface area contributed by atoms with Crippen molar-refractivity contribution in [1.29, 1.82) is 0 Å². The summed E-state index contributed by atoms with van der Waals surface area (Å²) in [4.78, 5) is 18.0. The van der Waals surface area contributed by atoms with Gasteiger partial charge in [-0.05, 0) is 37.3 Å². The first-order chi connectivity index (χ1) is 9.61. The van der Waals surface area contributed by atoms with Crippen molar-refractivity contribution in [1.82, 2.24) is 4.98 Å². The van der Waals surface area contributed by atoms with E-state index in [1.807, 2.05) is 25.1 Å². The van der Waals surface area contributed by atoms with Crippen LogP contribution >= 0.6 is 23.1 Å². The first-order valence-corrected chi connectivity index (χ1v) is 8.22. The molecule has 0 fully saturated rings. The van der Waals surface area contributed by atoms with E-state index in [0.29, 0.717) is 16.3 Å². The monoisotopic (exact) mass is 307 g/mol. The number of carbonyl (C=O) groups is 1. The van der Waals surface area contributed by atoms with Gasteiger partial charge in [-0.15, -0.1) is 23.1 Å². The first-order valence-electron chi connectivity index (χ1n) is 6.35. The minimum absolute atomic E-state index is 0.158. The Morgan fingerprint density at radius 3 is 2.95 bits per heavy atom. The second-order valence-electron chi connectivity index (χ2n) is 4.32. The summed E-state index contributed by atoms with van der Waals surface area (Å²) in [6.07, 6.45) is 1.11. The van der Waals surface area contributed by atoms with Crippen molar-refractivity contribution in [2.75, 3.05) is 16.8 Å². The standard InChI is InChI=1S/C14H17N3OS2/c1-3-6-19-10-4-5-11(15)12(7-10)17-14(18)13-9(2)16-8-20-13/h4-5,7-8H,3,6,15H2,1-2H3,(H,17,18). The summed E-state index contributed by atoms with van der Waals surface area (Å²) < 4.78 is 0. The molecule has 1 aromatic carbocycles. The van der Waals surface area contributed by atoms with Gasteiger partial charge in [-0.1, -0.05) is 6.92 Å². The summed E-state index contributed by atoms with van der Waals surface area (Å²) >= 11 is 3.09. The number of hydrogen-bond acceptors (Lipinski definition) is 5. The van der Waals surface area contributed by atoms with E-state index in [-0.39, 0.29) is 5.91 Å². The number of carbonyl (C=O) groups excluding carboxylic acids is 1. The number of nitrogen functional groups attached to an aromatic ring is 1. The molecular weight excluding hydrogens is 290 g/mol. The van der Waals surface area contributed by atoms with Crippen LogP contribution in [0.5, 0.6) is 0 Å². The summed E-state index contributed by atoms with van der Waals surface area (Å²) in [6.45, 7) is 3.96. The summed E-state index contributed by atoms with van der Waals surface area (Å²) in [7, 11) is 0. The average Bonchev–Trinajstić information content (AvgIpc) is 2.86.